The fraction of sp³-hybridized carbons (Fsp3) is 0.231. The Kier molecular flexibility index (Phi) is 4.12. The summed E-state index contributed by atoms with van der Waals surface area (Å²) >= 11 is 5.85. The van der Waals surface area contributed by atoms with Crippen molar-refractivity contribution in [3.8, 4) is 0 Å². The second-order valence-corrected chi connectivity index (χ2v) is 4.51. The van der Waals surface area contributed by atoms with Gasteiger partial charge in [0.1, 0.15) is 0 Å². The zero-order valence-corrected chi connectivity index (χ0v) is 10.9. The molecule has 0 atom stereocenters. The van der Waals surface area contributed by atoms with E-state index < -0.39 is 0 Å². The molecule has 1 aromatic carbocycles. The van der Waals surface area contributed by atoms with Crippen LogP contribution in [-0.4, -0.2) is 17.0 Å². The van der Waals surface area contributed by atoms with Gasteiger partial charge in [0.2, 0.25) is 5.95 Å². The van der Waals surface area contributed by atoms with Gasteiger partial charge >= 0.3 is 0 Å². The van der Waals surface area contributed by atoms with Crippen LogP contribution in [0.4, 0.5) is 5.95 Å². The molecule has 94 valence electrons. The quantitative estimate of drug-likeness (QED) is 0.918. The molecule has 0 aliphatic rings. The minimum atomic E-state index is 0.460. The zero-order valence-electron chi connectivity index (χ0n) is 10.2. The third-order valence-electron chi connectivity index (χ3n) is 2.60. The van der Waals surface area contributed by atoms with E-state index in [2.05, 4.69) is 9.97 Å². The molecule has 2 aromatic rings. The lowest BCUT2D eigenvalue weighted by atomic mass is 10.2. The lowest BCUT2D eigenvalue weighted by Gasteiger charge is -2.17. The molecule has 4 nitrogen and oxygen atoms in total. The second-order valence-electron chi connectivity index (χ2n) is 4.08. The predicted molar refractivity (Wildman–Crippen MR) is 73.5 cm³/mol. The third kappa shape index (κ3) is 3.18. The molecule has 0 radical (unpaired) electrons. The standard InChI is InChI=1S/C13H15ClN4/c1-18(9-10-2-4-12(14)5-3-10)13-16-7-11(6-15)8-17-13/h2-5,7-8H,6,9,15H2,1H3. The number of nitrogens with two attached hydrogens (primary N) is 1. The van der Waals surface area contributed by atoms with E-state index in [-0.39, 0.29) is 0 Å². The lowest BCUT2D eigenvalue weighted by molar-refractivity contribution is 0.857. The van der Waals surface area contributed by atoms with Crippen molar-refractivity contribution in [2.24, 2.45) is 5.73 Å². The van der Waals surface area contributed by atoms with Crippen molar-refractivity contribution in [3.05, 3.63) is 52.8 Å². The Labute approximate surface area is 111 Å². The summed E-state index contributed by atoms with van der Waals surface area (Å²) in [6, 6.07) is 7.74. The molecular weight excluding hydrogens is 248 g/mol. The highest BCUT2D eigenvalue weighted by Crippen LogP contribution is 2.13. The number of nitrogens with zero attached hydrogens (tertiary/aromatic N) is 3. The maximum Gasteiger partial charge on any atom is 0.225 e. The van der Waals surface area contributed by atoms with Gasteiger partial charge in [-0.15, -0.1) is 0 Å². The van der Waals surface area contributed by atoms with E-state index in [1.807, 2.05) is 36.2 Å². The van der Waals surface area contributed by atoms with Gasteiger partial charge in [-0.25, -0.2) is 9.97 Å². The molecule has 2 rings (SSSR count). The SMILES string of the molecule is CN(Cc1ccc(Cl)cc1)c1ncc(CN)cn1. The molecule has 0 aliphatic carbocycles. The summed E-state index contributed by atoms with van der Waals surface area (Å²) in [6.45, 7) is 1.19. The first-order valence-electron chi connectivity index (χ1n) is 5.65. The molecular formula is C13H15ClN4. The van der Waals surface area contributed by atoms with E-state index in [0.29, 0.717) is 12.5 Å². The van der Waals surface area contributed by atoms with Crippen molar-refractivity contribution < 1.29 is 0 Å². The fourth-order valence-electron chi connectivity index (χ4n) is 1.58. The van der Waals surface area contributed by atoms with Gasteiger partial charge < -0.3 is 10.6 Å². The van der Waals surface area contributed by atoms with E-state index >= 15 is 0 Å². The number of hydrogen-bond donors (Lipinski definition) is 1. The Hall–Kier alpha value is -1.65. The molecule has 0 aliphatic heterocycles. The van der Waals surface area contributed by atoms with Gasteiger partial charge in [0.15, 0.2) is 0 Å². The van der Waals surface area contributed by atoms with Crippen LogP contribution < -0.4 is 10.6 Å². The van der Waals surface area contributed by atoms with Crippen LogP contribution in [0.25, 0.3) is 0 Å². The van der Waals surface area contributed by atoms with E-state index in [1.165, 1.54) is 0 Å². The first-order chi connectivity index (χ1) is 8.69. The molecule has 5 heteroatoms. The topological polar surface area (TPSA) is 55.0 Å². The first kappa shape index (κ1) is 12.8. The largest absolute Gasteiger partial charge is 0.340 e. The summed E-state index contributed by atoms with van der Waals surface area (Å²) in [5.41, 5.74) is 7.60. The molecule has 0 bridgehead atoms. The zero-order chi connectivity index (χ0) is 13.0. The lowest BCUT2D eigenvalue weighted by Crippen LogP contribution is -2.19. The highest BCUT2D eigenvalue weighted by molar-refractivity contribution is 6.30. The van der Waals surface area contributed by atoms with Crippen LogP contribution in [0.2, 0.25) is 5.02 Å². The molecule has 0 saturated heterocycles. The average Bonchev–Trinajstić information content (AvgIpc) is 2.41. The van der Waals surface area contributed by atoms with Crippen molar-refractivity contribution in [2.45, 2.75) is 13.1 Å². The molecule has 1 heterocycles. The highest BCUT2D eigenvalue weighted by atomic mass is 35.5. The van der Waals surface area contributed by atoms with Crippen LogP contribution in [0.5, 0.6) is 0 Å². The summed E-state index contributed by atoms with van der Waals surface area (Å²) < 4.78 is 0. The summed E-state index contributed by atoms with van der Waals surface area (Å²) in [7, 11) is 1.95. The average molecular weight is 263 g/mol. The molecule has 0 saturated carbocycles. The molecule has 0 fully saturated rings. The van der Waals surface area contributed by atoms with Crippen molar-refractivity contribution in [2.75, 3.05) is 11.9 Å². The molecule has 1 aromatic heterocycles. The van der Waals surface area contributed by atoms with Crippen LogP contribution in [0, 0.1) is 0 Å². The third-order valence-corrected chi connectivity index (χ3v) is 2.85. The van der Waals surface area contributed by atoms with Gasteiger partial charge in [0.05, 0.1) is 0 Å². The fourth-order valence-corrected chi connectivity index (χ4v) is 1.71. The van der Waals surface area contributed by atoms with Crippen LogP contribution in [0.15, 0.2) is 36.7 Å². The molecule has 18 heavy (non-hydrogen) atoms. The molecule has 0 amide bonds. The second kappa shape index (κ2) is 5.80. The van der Waals surface area contributed by atoms with Gasteiger partial charge in [-0.3, -0.25) is 0 Å². The Balaban J connectivity index is 2.06. The molecule has 0 spiro atoms. The van der Waals surface area contributed by atoms with Crippen LogP contribution in [-0.2, 0) is 13.1 Å². The summed E-state index contributed by atoms with van der Waals surface area (Å²) in [6.07, 6.45) is 3.50. The summed E-state index contributed by atoms with van der Waals surface area (Å²) in [5.74, 6) is 0.683. The molecule has 0 unspecified atom stereocenters. The number of benzene rings is 1. The Morgan fingerprint density at radius 3 is 2.28 bits per heavy atom. The molecule has 2 N–H and O–H groups in total. The normalized spacial score (nSPS) is 10.4. The smallest absolute Gasteiger partial charge is 0.225 e. The van der Waals surface area contributed by atoms with Crippen LogP contribution >= 0.6 is 11.6 Å². The van der Waals surface area contributed by atoms with Gasteiger partial charge in [0, 0.05) is 43.1 Å². The van der Waals surface area contributed by atoms with Crippen molar-refractivity contribution in [3.63, 3.8) is 0 Å². The van der Waals surface area contributed by atoms with Crippen LogP contribution in [0.3, 0.4) is 0 Å². The number of anilines is 1. The summed E-state index contributed by atoms with van der Waals surface area (Å²) in [4.78, 5) is 10.5. The van der Waals surface area contributed by atoms with E-state index in [0.717, 1.165) is 22.7 Å². The van der Waals surface area contributed by atoms with E-state index in [4.69, 9.17) is 17.3 Å². The number of aromatic nitrogens is 2. The van der Waals surface area contributed by atoms with Gasteiger partial charge in [-0.2, -0.15) is 0 Å². The van der Waals surface area contributed by atoms with E-state index in [1.54, 1.807) is 12.4 Å². The number of halogens is 1. The Morgan fingerprint density at radius 2 is 1.72 bits per heavy atom. The van der Waals surface area contributed by atoms with Crippen molar-refractivity contribution in [1.82, 2.24) is 9.97 Å². The Morgan fingerprint density at radius 1 is 1.11 bits per heavy atom. The first-order valence-corrected chi connectivity index (χ1v) is 6.03. The minimum Gasteiger partial charge on any atom is -0.340 e. The maximum atomic E-state index is 5.85. The predicted octanol–water partition coefficient (Wildman–Crippen LogP) is 2.23. The number of rotatable bonds is 4. The summed E-state index contributed by atoms with van der Waals surface area (Å²) in [5, 5.41) is 0.741. The Bertz CT molecular complexity index is 495. The van der Waals surface area contributed by atoms with Gasteiger partial charge in [0.25, 0.3) is 0 Å². The van der Waals surface area contributed by atoms with Crippen molar-refractivity contribution >= 4 is 17.5 Å². The maximum absolute atomic E-state index is 5.85. The van der Waals surface area contributed by atoms with Crippen molar-refractivity contribution in [1.29, 1.82) is 0 Å². The number of hydrogen-bond acceptors (Lipinski definition) is 4. The van der Waals surface area contributed by atoms with Gasteiger partial charge in [-0.05, 0) is 17.7 Å². The minimum absolute atomic E-state index is 0.460. The monoisotopic (exact) mass is 262 g/mol. The highest BCUT2D eigenvalue weighted by Gasteiger charge is 2.05. The van der Waals surface area contributed by atoms with E-state index in [9.17, 15) is 0 Å². The van der Waals surface area contributed by atoms with Crippen LogP contribution in [0.1, 0.15) is 11.1 Å². The van der Waals surface area contributed by atoms with Gasteiger partial charge in [-0.1, -0.05) is 23.7 Å².